The fourth-order valence-electron chi connectivity index (χ4n) is 2.64. The zero-order valence-corrected chi connectivity index (χ0v) is 17.7. The Kier molecular flexibility index (Phi) is 7.29. The highest BCUT2D eigenvalue weighted by molar-refractivity contribution is 7.89. The molecular weight excluding hydrogens is 404 g/mol. The van der Waals surface area contributed by atoms with E-state index in [0.29, 0.717) is 16.5 Å². The SMILES string of the molecule is COc1ccc(S(=O)(=O)N[C@@H](C)C(=O)N(C)Cc2cc(Cl)ccc2OC)cc1. The van der Waals surface area contributed by atoms with Crippen molar-refractivity contribution in [2.75, 3.05) is 21.3 Å². The van der Waals surface area contributed by atoms with Crippen molar-refractivity contribution in [2.24, 2.45) is 0 Å². The molecule has 28 heavy (non-hydrogen) atoms. The van der Waals surface area contributed by atoms with Crippen LogP contribution in [0.5, 0.6) is 11.5 Å². The first kappa shape index (κ1) is 22.0. The fraction of sp³-hybridized carbons (Fsp3) is 0.316. The summed E-state index contributed by atoms with van der Waals surface area (Å²) in [6.45, 7) is 1.71. The highest BCUT2D eigenvalue weighted by Gasteiger charge is 2.25. The lowest BCUT2D eigenvalue weighted by Gasteiger charge is -2.23. The maximum absolute atomic E-state index is 12.6. The monoisotopic (exact) mass is 426 g/mol. The first-order valence-corrected chi connectivity index (χ1v) is 10.3. The van der Waals surface area contributed by atoms with Crippen LogP contribution in [0.1, 0.15) is 12.5 Å². The Labute approximate surface area is 170 Å². The molecule has 0 radical (unpaired) electrons. The van der Waals surface area contributed by atoms with E-state index in [2.05, 4.69) is 4.72 Å². The van der Waals surface area contributed by atoms with Gasteiger partial charge in [-0.1, -0.05) is 11.6 Å². The zero-order valence-electron chi connectivity index (χ0n) is 16.1. The van der Waals surface area contributed by atoms with Crippen LogP contribution >= 0.6 is 11.6 Å². The van der Waals surface area contributed by atoms with Gasteiger partial charge in [-0.3, -0.25) is 4.79 Å². The van der Waals surface area contributed by atoms with Crippen LogP contribution < -0.4 is 14.2 Å². The molecule has 2 rings (SSSR count). The maximum atomic E-state index is 12.6. The van der Waals surface area contributed by atoms with Crippen LogP contribution in [-0.2, 0) is 21.4 Å². The van der Waals surface area contributed by atoms with Crippen molar-refractivity contribution in [1.82, 2.24) is 9.62 Å². The van der Waals surface area contributed by atoms with E-state index in [-0.39, 0.29) is 17.3 Å². The normalized spacial score (nSPS) is 12.3. The number of hydrogen-bond acceptors (Lipinski definition) is 5. The number of nitrogens with one attached hydrogen (secondary N) is 1. The van der Waals surface area contributed by atoms with Crippen molar-refractivity contribution >= 4 is 27.5 Å². The van der Waals surface area contributed by atoms with Gasteiger partial charge in [-0.05, 0) is 49.4 Å². The predicted octanol–water partition coefficient (Wildman–Crippen LogP) is 2.68. The van der Waals surface area contributed by atoms with Crippen molar-refractivity contribution in [2.45, 2.75) is 24.4 Å². The van der Waals surface area contributed by atoms with Gasteiger partial charge in [-0.25, -0.2) is 8.42 Å². The van der Waals surface area contributed by atoms with Gasteiger partial charge in [-0.2, -0.15) is 4.72 Å². The number of ether oxygens (including phenoxy) is 2. The number of carbonyl (C=O) groups is 1. The second-order valence-corrected chi connectivity index (χ2v) is 8.32. The molecule has 0 bridgehead atoms. The van der Waals surface area contributed by atoms with Crippen LogP contribution in [0, 0.1) is 0 Å². The largest absolute Gasteiger partial charge is 0.497 e. The first-order chi connectivity index (χ1) is 13.2. The van der Waals surface area contributed by atoms with E-state index in [1.54, 1.807) is 37.4 Å². The summed E-state index contributed by atoms with van der Waals surface area (Å²) < 4.78 is 37.7. The molecule has 2 aromatic carbocycles. The Hall–Kier alpha value is -2.29. The van der Waals surface area contributed by atoms with Gasteiger partial charge in [0.15, 0.2) is 0 Å². The molecule has 0 spiro atoms. The lowest BCUT2D eigenvalue weighted by atomic mass is 10.2. The average molecular weight is 427 g/mol. The second kappa shape index (κ2) is 9.27. The molecule has 0 unspecified atom stereocenters. The van der Waals surface area contributed by atoms with Crippen molar-refractivity contribution in [3.05, 3.63) is 53.1 Å². The molecule has 0 aliphatic rings. The number of methoxy groups -OCH3 is 2. The molecule has 1 amide bonds. The summed E-state index contributed by atoms with van der Waals surface area (Å²) in [5.41, 5.74) is 0.719. The zero-order chi connectivity index (χ0) is 20.9. The summed E-state index contributed by atoms with van der Waals surface area (Å²) in [5.74, 6) is 0.743. The number of carbonyl (C=O) groups excluding carboxylic acids is 1. The Morgan fingerprint density at radius 2 is 1.79 bits per heavy atom. The number of amides is 1. The fourth-order valence-corrected chi connectivity index (χ4v) is 4.03. The number of likely N-dealkylation sites (N-methyl/N-ethyl adjacent to an activating group) is 1. The molecule has 9 heteroatoms. The number of benzene rings is 2. The van der Waals surface area contributed by atoms with Crippen LogP contribution in [0.25, 0.3) is 0 Å². The van der Waals surface area contributed by atoms with Crippen LogP contribution in [-0.4, -0.2) is 46.5 Å². The predicted molar refractivity (Wildman–Crippen MR) is 107 cm³/mol. The lowest BCUT2D eigenvalue weighted by Crippen LogP contribution is -2.45. The first-order valence-electron chi connectivity index (χ1n) is 8.41. The van der Waals surface area contributed by atoms with Crippen LogP contribution in [0.4, 0.5) is 0 Å². The minimum atomic E-state index is -3.85. The van der Waals surface area contributed by atoms with Crippen molar-refractivity contribution < 1.29 is 22.7 Å². The third-order valence-electron chi connectivity index (χ3n) is 4.10. The van der Waals surface area contributed by atoms with Crippen LogP contribution in [0.3, 0.4) is 0 Å². The van der Waals surface area contributed by atoms with E-state index in [1.165, 1.54) is 38.2 Å². The van der Waals surface area contributed by atoms with E-state index < -0.39 is 16.1 Å². The summed E-state index contributed by atoms with van der Waals surface area (Å²) >= 11 is 6.02. The van der Waals surface area contributed by atoms with Gasteiger partial charge in [0.2, 0.25) is 15.9 Å². The Bertz CT molecular complexity index is 932. The summed E-state index contributed by atoms with van der Waals surface area (Å²) in [6, 6.07) is 10.1. The molecule has 2 aromatic rings. The van der Waals surface area contributed by atoms with Gasteiger partial charge >= 0.3 is 0 Å². The minimum Gasteiger partial charge on any atom is -0.497 e. The van der Waals surface area contributed by atoms with Crippen LogP contribution in [0.2, 0.25) is 5.02 Å². The quantitative estimate of drug-likeness (QED) is 0.701. The highest BCUT2D eigenvalue weighted by atomic mass is 35.5. The van der Waals surface area contributed by atoms with Crippen LogP contribution in [0.15, 0.2) is 47.4 Å². The van der Waals surface area contributed by atoms with Gasteiger partial charge in [0.25, 0.3) is 0 Å². The number of halogens is 1. The van der Waals surface area contributed by atoms with Gasteiger partial charge < -0.3 is 14.4 Å². The molecule has 0 aliphatic heterocycles. The van der Waals surface area contributed by atoms with E-state index in [4.69, 9.17) is 21.1 Å². The molecule has 7 nitrogen and oxygen atoms in total. The highest BCUT2D eigenvalue weighted by Crippen LogP contribution is 2.24. The van der Waals surface area contributed by atoms with Crippen molar-refractivity contribution in [1.29, 1.82) is 0 Å². The third-order valence-corrected chi connectivity index (χ3v) is 5.89. The number of hydrogen-bond donors (Lipinski definition) is 1. The van der Waals surface area contributed by atoms with E-state index in [9.17, 15) is 13.2 Å². The van der Waals surface area contributed by atoms with Gasteiger partial charge in [0.05, 0.1) is 25.2 Å². The lowest BCUT2D eigenvalue weighted by molar-refractivity contribution is -0.131. The Morgan fingerprint density at radius 1 is 1.14 bits per heavy atom. The average Bonchev–Trinajstić information content (AvgIpc) is 2.67. The maximum Gasteiger partial charge on any atom is 0.241 e. The molecule has 0 saturated heterocycles. The molecular formula is C19H23ClN2O5S. The van der Waals surface area contributed by atoms with Gasteiger partial charge in [0.1, 0.15) is 11.5 Å². The summed E-state index contributed by atoms with van der Waals surface area (Å²) in [7, 11) is 0.751. The van der Waals surface area contributed by atoms with E-state index in [1.807, 2.05) is 0 Å². The van der Waals surface area contributed by atoms with Crippen molar-refractivity contribution in [3.63, 3.8) is 0 Å². The van der Waals surface area contributed by atoms with E-state index in [0.717, 1.165) is 5.56 Å². The molecule has 1 N–H and O–H groups in total. The molecule has 0 fully saturated rings. The minimum absolute atomic E-state index is 0.0483. The molecule has 0 aromatic heterocycles. The Balaban J connectivity index is 2.09. The standard InChI is InChI=1S/C19H23ClN2O5S/c1-13(21-28(24,25)17-8-6-16(26-3)7-9-17)19(23)22(2)12-14-11-15(20)5-10-18(14)27-4/h5-11,13,21H,12H2,1-4H3/t13-/m0/s1. The molecule has 0 aliphatic carbocycles. The smallest absolute Gasteiger partial charge is 0.241 e. The summed E-state index contributed by atoms with van der Waals surface area (Å²) in [6.07, 6.45) is 0. The molecule has 152 valence electrons. The van der Waals surface area contributed by atoms with Gasteiger partial charge in [-0.15, -0.1) is 0 Å². The Morgan fingerprint density at radius 3 is 2.36 bits per heavy atom. The van der Waals surface area contributed by atoms with Crippen molar-refractivity contribution in [3.8, 4) is 11.5 Å². The molecule has 1 atom stereocenters. The number of nitrogens with zero attached hydrogens (tertiary/aromatic N) is 1. The third kappa shape index (κ3) is 5.37. The topological polar surface area (TPSA) is 84.9 Å². The number of rotatable bonds is 8. The summed E-state index contributed by atoms with van der Waals surface area (Å²) in [5, 5.41) is 0.518. The number of sulfonamides is 1. The van der Waals surface area contributed by atoms with E-state index >= 15 is 0 Å². The molecule has 0 saturated carbocycles. The second-order valence-electron chi connectivity index (χ2n) is 6.17. The summed E-state index contributed by atoms with van der Waals surface area (Å²) in [4.78, 5) is 14.1. The molecule has 0 heterocycles. The van der Waals surface area contributed by atoms with Gasteiger partial charge in [0, 0.05) is 24.2 Å².